The molecule has 1 N–H and O–H groups in total. The number of carbonyl (C=O) groups excluding carboxylic acids is 1. The van der Waals surface area contributed by atoms with Crippen LogP contribution in [0.15, 0.2) is 48.9 Å². The van der Waals surface area contributed by atoms with Gasteiger partial charge in [0, 0.05) is 48.0 Å². The highest BCUT2D eigenvalue weighted by Gasteiger charge is 2.15. The second-order valence-corrected chi connectivity index (χ2v) is 6.91. The van der Waals surface area contributed by atoms with Crippen molar-refractivity contribution in [3.05, 3.63) is 65.7 Å². The number of para-hydroxylation sites is 1. The summed E-state index contributed by atoms with van der Waals surface area (Å²) in [5.74, 6) is -0.128. The molecule has 0 spiro atoms. The highest BCUT2D eigenvalue weighted by atomic mass is 16.1. The van der Waals surface area contributed by atoms with Gasteiger partial charge in [0.15, 0.2) is 0 Å². The van der Waals surface area contributed by atoms with Crippen LogP contribution in [0.1, 0.15) is 35.5 Å². The summed E-state index contributed by atoms with van der Waals surface area (Å²) in [4.78, 5) is 17.8. The summed E-state index contributed by atoms with van der Waals surface area (Å²) in [6.45, 7) is 8.13. The molecule has 7 nitrogen and oxygen atoms in total. The van der Waals surface area contributed by atoms with Gasteiger partial charge in [-0.15, -0.1) is 0 Å². The number of amides is 1. The number of benzene rings is 1. The van der Waals surface area contributed by atoms with Crippen molar-refractivity contribution in [3.8, 4) is 11.3 Å². The summed E-state index contributed by atoms with van der Waals surface area (Å²) in [5.41, 5.74) is 5.11. The molecule has 0 fully saturated rings. The third-order valence-corrected chi connectivity index (χ3v) is 5.16. The monoisotopic (exact) mass is 388 g/mol. The van der Waals surface area contributed by atoms with Crippen LogP contribution in [0.2, 0.25) is 0 Å². The largest absolute Gasteiger partial charge is 0.348 e. The Morgan fingerprint density at radius 1 is 1.10 bits per heavy atom. The lowest BCUT2D eigenvalue weighted by molar-refractivity contribution is 0.0952. The number of nitrogens with zero attached hydrogens (tertiary/aromatic N) is 5. The molecule has 0 aliphatic rings. The maximum Gasteiger partial charge on any atom is 0.252 e. The van der Waals surface area contributed by atoms with Crippen molar-refractivity contribution in [2.45, 2.75) is 40.4 Å². The first-order valence-electron chi connectivity index (χ1n) is 9.82. The number of hydrogen-bond acceptors (Lipinski definition) is 4. The summed E-state index contributed by atoms with van der Waals surface area (Å²) >= 11 is 0. The molecule has 0 bridgehead atoms. The van der Waals surface area contributed by atoms with Crippen LogP contribution in [-0.2, 0) is 19.6 Å². The average Bonchev–Trinajstić information content (AvgIpc) is 3.37. The van der Waals surface area contributed by atoms with Gasteiger partial charge < -0.3 is 5.32 Å². The van der Waals surface area contributed by atoms with Crippen LogP contribution in [-0.4, -0.2) is 30.5 Å². The molecular weight excluding hydrogens is 364 g/mol. The number of rotatable bonds is 6. The van der Waals surface area contributed by atoms with Crippen molar-refractivity contribution < 1.29 is 4.79 Å². The van der Waals surface area contributed by atoms with Crippen molar-refractivity contribution in [2.24, 2.45) is 0 Å². The average molecular weight is 388 g/mol. The predicted octanol–water partition coefficient (Wildman–Crippen LogP) is 3.57. The maximum atomic E-state index is 13.1. The van der Waals surface area contributed by atoms with E-state index in [1.54, 1.807) is 6.20 Å². The van der Waals surface area contributed by atoms with Crippen LogP contribution < -0.4 is 5.32 Å². The second kappa shape index (κ2) is 7.87. The molecule has 7 heteroatoms. The lowest BCUT2D eigenvalue weighted by Gasteiger charge is -2.10. The van der Waals surface area contributed by atoms with Gasteiger partial charge in [-0.25, -0.2) is 4.98 Å². The maximum absolute atomic E-state index is 13.1. The van der Waals surface area contributed by atoms with E-state index in [1.807, 2.05) is 72.9 Å². The minimum absolute atomic E-state index is 0.128. The van der Waals surface area contributed by atoms with Gasteiger partial charge in [0.05, 0.1) is 29.2 Å². The zero-order chi connectivity index (χ0) is 20.4. The molecule has 0 saturated carbocycles. The fourth-order valence-corrected chi connectivity index (χ4v) is 3.43. The number of aryl methyl sites for hydroxylation is 2. The normalized spacial score (nSPS) is 11.1. The van der Waals surface area contributed by atoms with E-state index in [0.717, 1.165) is 46.5 Å². The van der Waals surface area contributed by atoms with Crippen LogP contribution in [0.4, 0.5) is 0 Å². The minimum atomic E-state index is -0.128. The van der Waals surface area contributed by atoms with Gasteiger partial charge in [0.25, 0.3) is 5.91 Å². The number of hydrogen-bond donors (Lipinski definition) is 1. The molecule has 0 aliphatic carbocycles. The molecule has 4 aromatic rings. The Balaban J connectivity index is 1.67. The molecule has 3 heterocycles. The molecule has 0 saturated heterocycles. The number of pyridine rings is 1. The molecule has 148 valence electrons. The summed E-state index contributed by atoms with van der Waals surface area (Å²) in [7, 11) is 0. The molecule has 0 unspecified atom stereocenters. The molecule has 0 atom stereocenters. The van der Waals surface area contributed by atoms with Gasteiger partial charge >= 0.3 is 0 Å². The Morgan fingerprint density at radius 3 is 2.66 bits per heavy atom. The first kappa shape index (κ1) is 18.9. The summed E-state index contributed by atoms with van der Waals surface area (Å²) in [5, 5.41) is 12.5. The second-order valence-electron chi connectivity index (χ2n) is 6.91. The van der Waals surface area contributed by atoms with E-state index >= 15 is 0 Å². The van der Waals surface area contributed by atoms with Gasteiger partial charge in [-0.1, -0.05) is 18.2 Å². The van der Waals surface area contributed by atoms with E-state index in [2.05, 4.69) is 15.5 Å². The third kappa shape index (κ3) is 3.63. The van der Waals surface area contributed by atoms with Crippen LogP contribution >= 0.6 is 0 Å². The summed E-state index contributed by atoms with van der Waals surface area (Å²) in [6.07, 6.45) is 5.54. The van der Waals surface area contributed by atoms with Crippen LogP contribution in [0.25, 0.3) is 22.2 Å². The van der Waals surface area contributed by atoms with Crippen molar-refractivity contribution in [2.75, 3.05) is 0 Å². The first-order chi connectivity index (χ1) is 14.1. The SMILES string of the molecule is CCn1cc(-c2cc(C(=O)NCc3cnn(CC)c3C)c3ccccc3n2)cn1. The van der Waals surface area contributed by atoms with E-state index in [9.17, 15) is 4.79 Å². The standard InChI is InChI=1S/C22H24N6O/c1-4-27-14-17(13-24-27)21-10-19(18-8-6-7-9-20(18)26-21)22(29)23-11-16-12-25-28(5-2)15(16)3/h6-10,12-14H,4-5,11H2,1-3H3,(H,23,29). The van der Waals surface area contributed by atoms with Crippen LogP contribution in [0, 0.1) is 6.92 Å². The van der Waals surface area contributed by atoms with Crippen molar-refractivity contribution in [1.82, 2.24) is 29.9 Å². The van der Waals surface area contributed by atoms with Crippen LogP contribution in [0.3, 0.4) is 0 Å². The van der Waals surface area contributed by atoms with Crippen molar-refractivity contribution >= 4 is 16.8 Å². The highest BCUT2D eigenvalue weighted by Crippen LogP contribution is 2.25. The van der Waals surface area contributed by atoms with Gasteiger partial charge in [-0.3, -0.25) is 14.2 Å². The number of nitrogens with one attached hydrogen (secondary N) is 1. The smallest absolute Gasteiger partial charge is 0.252 e. The predicted molar refractivity (Wildman–Crippen MR) is 112 cm³/mol. The van der Waals surface area contributed by atoms with Gasteiger partial charge in [0.2, 0.25) is 0 Å². The van der Waals surface area contributed by atoms with E-state index in [1.165, 1.54) is 0 Å². The molecule has 1 amide bonds. The zero-order valence-electron chi connectivity index (χ0n) is 16.9. The van der Waals surface area contributed by atoms with E-state index in [4.69, 9.17) is 4.98 Å². The minimum Gasteiger partial charge on any atom is -0.348 e. The fourth-order valence-electron chi connectivity index (χ4n) is 3.43. The van der Waals surface area contributed by atoms with E-state index < -0.39 is 0 Å². The first-order valence-corrected chi connectivity index (χ1v) is 9.82. The zero-order valence-corrected chi connectivity index (χ0v) is 16.9. The van der Waals surface area contributed by atoms with Gasteiger partial charge in [-0.05, 0) is 32.9 Å². The lowest BCUT2D eigenvalue weighted by Crippen LogP contribution is -2.23. The number of fused-ring (bicyclic) bond motifs is 1. The van der Waals surface area contributed by atoms with Gasteiger partial charge in [-0.2, -0.15) is 10.2 Å². The molecule has 0 radical (unpaired) electrons. The Bertz CT molecular complexity index is 1170. The quantitative estimate of drug-likeness (QED) is 0.548. The van der Waals surface area contributed by atoms with E-state index in [0.29, 0.717) is 12.1 Å². The number of carbonyl (C=O) groups is 1. The molecule has 1 aromatic carbocycles. The highest BCUT2D eigenvalue weighted by molar-refractivity contribution is 6.07. The Kier molecular flexibility index (Phi) is 5.12. The van der Waals surface area contributed by atoms with Gasteiger partial charge in [0.1, 0.15) is 0 Å². The fraction of sp³-hybridized carbons (Fsp3) is 0.273. The molecule has 3 aromatic heterocycles. The Morgan fingerprint density at radius 2 is 1.93 bits per heavy atom. The molecular formula is C22H24N6O. The van der Waals surface area contributed by atoms with Crippen molar-refractivity contribution in [1.29, 1.82) is 0 Å². The van der Waals surface area contributed by atoms with E-state index in [-0.39, 0.29) is 5.91 Å². The topological polar surface area (TPSA) is 77.6 Å². The number of aromatic nitrogens is 5. The third-order valence-electron chi connectivity index (χ3n) is 5.16. The summed E-state index contributed by atoms with van der Waals surface area (Å²) < 4.78 is 3.77. The molecule has 29 heavy (non-hydrogen) atoms. The Labute approximate surface area is 169 Å². The molecule has 0 aliphatic heterocycles. The van der Waals surface area contributed by atoms with Crippen LogP contribution in [0.5, 0.6) is 0 Å². The molecule has 4 rings (SSSR count). The lowest BCUT2D eigenvalue weighted by atomic mass is 10.0. The summed E-state index contributed by atoms with van der Waals surface area (Å²) in [6, 6.07) is 9.55. The Hall–Kier alpha value is -3.48. The van der Waals surface area contributed by atoms with Crippen molar-refractivity contribution in [3.63, 3.8) is 0 Å².